The molecule has 4 N–H and O–H groups in total. The molecule has 1 amide bonds. The summed E-state index contributed by atoms with van der Waals surface area (Å²) < 4.78 is 18.7. The molecule has 290 valence electrons. The van der Waals surface area contributed by atoms with Crippen LogP contribution in [-0.2, 0) is 29.3 Å². The van der Waals surface area contributed by atoms with Crippen LogP contribution in [0.3, 0.4) is 0 Å². The SMILES string of the molecule is CC(=O)N[C@@H]1CCN(CCCOc2cccc(-c3cccc(COc4cc(OCc5cncc(C#N)c5)c(CNC(C)(CO)C(=O)O)cc4Cl)c3C)c2C)C1. The van der Waals surface area contributed by atoms with Crippen molar-refractivity contribution < 1.29 is 34.0 Å². The number of aliphatic carboxylic acids is 1. The Labute approximate surface area is 327 Å². The number of amides is 1. The molecule has 13 heteroatoms. The van der Waals surface area contributed by atoms with Gasteiger partial charge in [0.2, 0.25) is 5.91 Å². The van der Waals surface area contributed by atoms with Gasteiger partial charge in [0, 0.05) is 68.7 Å². The Bertz CT molecular complexity index is 2040. The number of carbonyl (C=O) groups excluding carboxylic acids is 1. The third-order valence-corrected chi connectivity index (χ3v) is 10.1. The maximum Gasteiger partial charge on any atom is 0.326 e. The van der Waals surface area contributed by atoms with Crippen molar-refractivity contribution in [2.45, 2.75) is 71.9 Å². The average molecular weight is 770 g/mol. The monoisotopic (exact) mass is 769 g/mol. The molecule has 1 fully saturated rings. The molecule has 4 aromatic rings. The van der Waals surface area contributed by atoms with Gasteiger partial charge in [-0.05, 0) is 79.6 Å². The van der Waals surface area contributed by atoms with Crippen molar-refractivity contribution in [3.63, 3.8) is 0 Å². The second-order valence-electron chi connectivity index (χ2n) is 14.0. The van der Waals surface area contributed by atoms with E-state index in [2.05, 4.69) is 52.6 Å². The first-order chi connectivity index (χ1) is 26.4. The number of halogens is 1. The number of nitrogens with one attached hydrogen (secondary N) is 2. The standard InChI is InChI=1S/C42H48ClN5O7/c1-27-32(8-5-9-35(27)36-10-6-11-38(28(36)2)53-15-7-13-48-14-12-34(23-48)47-29(3)50)25-55-40-18-39(54-24-31-16-30(19-44)20-45-21-31)33(17-37(40)43)22-46-42(4,26-49)41(51)52/h5-6,8-11,16-18,20-21,34,46,49H,7,12-15,22-26H2,1-4H3,(H,47,50)(H,51,52)/t34-,42?/m1/s1. The lowest BCUT2D eigenvalue weighted by Gasteiger charge is -2.25. The van der Waals surface area contributed by atoms with E-state index >= 15 is 0 Å². The minimum Gasteiger partial charge on any atom is -0.493 e. The van der Waals surface area contributed by atoms with Gasteiger partial charge in [-0.2, -0.15) is 5.26 Å². The third kappa shape index (κ3) is 10.7. The number of carbonyl (C=O) groups is 2. The molecule has 55 heavy (non-hydrogen) atoms. The van der Waals surface area contributed by atoms with Gasteiger partial charge in [0.1, 0.15) is 42.1 Å². The maximum absolute atomic E-state index is 11.8. The van der Waals surface area contributed by atoms with E-state index in [1.165, 1.54) is 13.1 Å². The number of hydrogen-bond donors (Lipinski definition) is 4. The third-order valence-electron chi connectivity index (χ3n) is 9.85. The van der Waals surface area contributed by atoms with Crippen LogP contribution in [0.15, 0.2) is 67.0 Å². The van der Waals surface area contributed by atoms with Crippen LogP contribution in [0.4, 0.5) is 0 Å². The number of ether oxygens (including phenoxy) is 3. The fraction of sp³-hybridized carbons (Fsp3) is 0.381. The number of pyridine rings is 1. The molecule has 0 radical (unpaired) electrons. The first kappa shape index (κ1) is 41.0. The molecule has 0 spiro atoms. The highest BCUT2D eigenvalue weighted by Gasteiger charge is 2.32. The van der Waals surface area contributed by atoms with Crippen LogP contribution in [0.5, 0.6) is 17.2 Å². The smallest absolute Gasteiger partial charge is 0.326 e. The van der Waals surface area contributed by atoms with Gasteiger partial charge in [-0.1, -0.05) is 41.9 Å². The Kier molecular flexibility index (Phi) is 14.1. The van der Waals surface area contributed by atoms with Gasteiger partial charge < -0.3 is 34.6 Å². The van der Waals surface area contributed by atoms with Crippen molar-refractivity contribution in [2.24, 2.45) is 0 Å². The van der Waals surface area contributed by atoms with E-state index in [1.54, 1.807) is 31.3 Å². The number of aliphatic hydroxyl groups excluding tert-OH is 1. The molecule has 0 bridgehead atoms. The fourth-order valence-corrected chi connectivity index (χ4v) is 6.74. The van der Waals surface area contributed by atoms with Crippen LogP contribution in [0.1, 0.15) is 60.1 Å². The van der Waals surface area contributed by atoms with Crippen LogP contribution in [0, 0.1) is 25.2 Å². The molecule has 1 aromatic heterocycles. The topological polar surface area (TPSA) is 166 Å². The number of likely N-dealkylation sites (tertiary alicyclic amines) is 1. The molecule has 1 aliphatic rings. The molecular formula is C42H48ClN5O7. The molecule has 3 aromatic carbocycles. The van der Waals surface area contributed by atoms with E-state index in [0.717, 1.165) is 66.0 Å². The fourth-order valence-electron chi connectivity index (χ4n) is 6.50. The van der Waals surface area contributed by atoms with Crippen LogP contribution in [0.25, 0.3) is 11.1 Å². The number of rotatable bonds is 18. The van der Waals surface area contributed by atoms with E-state index < -0.39 is 18.1 Å². The van der Waals surface area contributed by atoms with Crippen molar-refractivity contribution in [1.82, 2.24) is 20.5 Å². The average Bonchev–Trinajstić information content (AvgIpc) is 3.62. The largest absolute Gasteiger partial charge is 0.493 e. The van der Waals surface area contributed by atoms with Gasteiger partial charge in [0.05, 0.1) is 23.8 Å². The molecule has 1 unspecified atom stereocenters. The summed E-state index contributed by atoms with van der Waals surface area (Å²) in [5.74, 6) is 0.392. The van der Waals surface area contributed by atoms with Crippen molar-refractivity contribution in [3.8, 4) is 34.4 Å². The van der Waals surface area contributed by atoms with Crippen molar-refractivity contribution in [1.29, 1.82) is 5.26 Å². The Morgan fingerprint density at radius 3 is 2.47 bits per heavy atom. The lowest BCUT2D eigenvalue weighted by molar-refractivity contribution is -0.146. The quantitative estimate of drug-likeness (QED) is 0.0884. The molecule has 2 atom stereocenters. The highest BCUT2D eigenvalue weighted by atomic mass is 35.5. The zero-order valence-electron chi connectivity index (χ0n) is 31.7. The molecule has 1 aliphatic heterocycles. The summed E-state index contributed by atoms with van der Waals surface area (Å²) in [6.45, 7) is 10.1. The normalized spacial score (nSPS) is 15.2. The number of nitriles is 1. The lowest BCUT2D eigenvalue weighted by Crippen LogP contribution is -2.52. The molecule has 12 nitrogen and oxygen atoms in total. The number of aliphatic hydroxyl groups is 1. The summed E-state index contributed by atoms with van der Waals surface area (Å²) in [5, 5.41) is 34.9. The number of hydrogen-bond acceptors (Lipinski definition) is 10. The Balaban J connectivity index is 1.28. The molecular weight excluding hydrogens is 722 g/mol. The number of carboxylic acids is 1. The summed E-state index contributed by atoms with van der Waals surface area (Å²) in [6, 6.07) is 19.4. The van der Waals surface area contributed by atoms with Crippen LogP contribution in [0.2, 0.25) is 5.02 Å². The summed E-state index contributed by atoms with van der Waals surface area (Å²) in [4.78, 5) is 29.7. The Morgan fingerprint density at radius 2 is 1.75 bits per heavy atom. The van der Waals surface area contributed by atoms with Crippen LogP contribution >= 0.6 is 11.6 Å². The number of aromatic nitrogens is 1. The van der Waals surface area contributed by atoms with E-state index in [-0.39, 0.29) is 31.7 Å². The van der Waals surface area contributed by atoms with Crippen LogP contribution < -0.4 is 24.8 Å². The predicted octanol–water partition coefficient (Wildman–Crippen LogP) is 5.95. The zero-order valence-corrected chi connectivity index (χ0v) is 32.4. The van der Waals surface area contributed by atoms with Gasteiger partial charge in [0.25, 0.3) is 0 Å². The van der Waals surface area contributed by atoms with Gasteiger partial charge in [-0.15, -0.1) is 0 Å². The second kappa shape index (κ2) is 18.9. The van der Waals surface area contributed by atoms with Gasteiger partial charge >= 0.3 is 5.97 Å². The van der Waals surface area contributed by atoms with E-state index in [1.807, 2.05) is 24.3 Å². The molecule has 2 heterocycles. The van der Waals surface area contributed by atoms with Gasteiger partial charge in [0.15, 0.2) is 0 Å². The summed E-state index contributed by atoms with van der Waals surface area (Å²) in [7, 11) is 0. The predicted molar refractivity (Wildman–Crippen MR) is 209 cm³/mol. The number of carboxylic acid groups (broad SMARTS) is 1. The Morgan fingerprint density at radius 1 is 1.00 bits per heavy atom. The zero-order chi connectivity index (χ0) is 39.5. The lowest BCUT2D eigenvalue weighted by atomic mass is 9.93. The molecule has 5 rings (SSSR count). The van der Waals surface area contributed by atoms with E-state index in [9.17, 15) is 25.1 Å². The van der Waals surface area contributed by atoms with E-state index in [4.69, 9.17) is 25.8 Å². The summed E-state index contributed by atoms with van der Waals surface area (Å²) >= 11 is 6.74. The number of nitrogens with zero attached hydrogens (tertiary/aromatic N) is 3. The van der Waals surface area contributed by atoms with Crippen molar-refractivity contribution >= 4 is 23.5 Å². The van der Waals surface area contributed by atoms with Gasteiger partial charge in [-0.25, -0.2) is 0 Å². The van der Waals surface area contributed by atoms with Crippen molar-refractivity contribution in [3.05, 3.63) is 105 Å². The maximum atomic E-state index is 11.8. The van der Waals surface area contributed by atoms with Crippen molar-refractivity contribution in [2.75, 3.05) is 32.8 Å². The minimum absolute atomic E-state index is 0.0157. The highest BCUT2D eigenvalue weighted by Crippen LogP contribution is 2.36. The first-order valence-electron chi connectivity index (χ1n) is 18.2. The first-order valence-corrected chi connectivity index (χ1v) is 18.6. The minimum atomic E-state index is -1.59. The second-order valence-corrected chi connectivity index (χ2v) is 14.4. The van der Waals surface area contributed by atoms with Gasteiger partial charge in [-0.3, -0.25) is 19.9 Å². The summed E-state index contributed by atoms with van der Waals surface area (Å²) in [5.41, 5.74) is 5.17. The van der Waals surface area contributed by atoms with E-state index in [0.29, 0.717) is 39.8 Å². The van der Waals surface area contributed by atoms with Crippen LogP contribution in [-0.4, -0.2) is 76.4 Å². The number of benzene rings is 3. The summed E-state index contributed by atoms with van der Waals surface area (Å²) in [6.07, 6.45) is 4.91. The molecule has 1 saturated heterocycles. The molecule has 0 saturated carbocycles. The highest BCUT2D eigenvalue weighted by molar-refractivity contribution is 6.32. The Hall–Kier alpha value is -5.19. The molecule has 0 aliphatic carbocycles.